The number of ether oxygens (including phenoxy) is 1. The van der Waals surface area contributed by atoms with Crippen LogP contribution in [0.3, 0.4) is 0 Å². The van der Waals surface area contributed by atoms with Crippen molar-refractivity contribution < 1.29 is 19.1 Å². The summed E-state index contributed by atoms with van der Waals surface area (Å²) in [4.78, 5) is 45.0. The van der Waals surface area contributed by atoms with Crippen LogP contribution in [0.25, 0.3) is 0 Å². The van der Waals surface area contributed by atoms with Gasteiger partial charge in [0.25, 0.3) is 5.91 Å². The smallest absolute Gasteiger partial charge is 0.329 e. The maximum absolute atomic E-state index is 13.4. The maximum atomic E-state index is 13.4. The Morgan fingerprint density at radius 2 is 1.50 bits per heavy atom. The summed E-state index contributed by atoms with van der Waals surface area (Å²) in [7, 11) is 0. The van der Waals surface area contributed by atoms with E-state index in [1.54, 1.807) is 36.5 Å². The highest BCUT2D eigenvalue weighted by Gasteiger charge is 2.37. The van der Waals surface area contributed by atoms with Gasteiger partial charge in [-0.1, -0.05) is 66.7 Å². The molecule has 0 N–H and O–H groups in total. The molecular weight excluding hydrogens is 476 g/mol. The Morgan fingerprint density at radius 3 is 2.18 bits per heavy atom. The molecule has 0 spiro atoms. The lowest BCUT2D eigenvalue weighted by Gasteiger charge is -2.34. The van der Waals surface area contributed by atoms with Crippen LogP contribution in [-0.2, 0) is 27.2 Å². The minimum atomic E-state index is -0.723. The molecule has 38 heavy (non-hydrogen) atoms. The van der Waals surface area contributed by atoms with Gasteiger partial charge in [0.2, 0.25) is 5.78 Å². The molecule has 2 atom stereocenters. The summed E-state index contributed by atoms with van der Waals surface area (Å²) >= 11 is 0. The predicted molar refractivity (Wildman–Crippen MR) is 147 cm³/mol. The molecule has 0 saturated carbocycles. The average Bonchev–Trinajstić information content (AvgIpc) is 2.98. The van der Waals surface area contributed by atoms with Gasteiger partial charge in [0.1, 0.15) is 12.1 Å². The van der Waals surface area contributed by atoms with E-state index in [0.717, 1.165) is 56.9 Å². The second kappa shape index (κ2) is 14.2. The van der Waals surface area contributed by atoms with E-state index in [0.29, 0.717) is 18.5 Å². The van der Waals surface area contributed by atoms with E-state index in [4.69, 9.17) is 4.74 Å². The number of esters is 1. The molecule has 1 amide bonds. The van der Waals surface area contributed by atoms with Crippen molar-refractivity contribution in [1.82, 2.24) is 9.88 Å². The second-order valence-corrected chi connectivity index (χ2v) is 9.90. The van der Waals surface area contributed by atoms with Crippen molar-refractivity contribution in [2.45, 2.75) is 69.9 Å². The molecule has 0 aliphatic carbocycles. The Morgan fingerprint density at radius 1 is 0.842 bits per heavy atom. The highest BCUT2D eigenvalue weighted by atomic mass is 16.5. The summed E-state index contributed by atoms with van der Waals surface area (Å²) in [5.74, 6) is -1.61. The number of ketones is 1. The molecule has 6 heteroatoms. The first-order valence-corrected chi connectivity index (χ1v) is 13.7. The average molecular weight is 513 g/mol. The van der Waals surface area contributed by atoms with Crippen LogP contribution in [-0.4, -0.2) is 46.2 Å². The molecular formula is C32H36N2O4. The largest absolute Gasteiger partial charge is 0.461 e. The van der Waals surface area contributed by atoms with Crippen molar-refractivity contribution in [3.63, 3.8) is 0 Å². The molecule has 3 aromatic rings. The molecule has 198 valence electrons. The summed E-state index contributed by atoms with van der Waals surface area (Å²) in [5, 5.41) is 0. The number of amides is 1. The molecule has 0 bridgehead atoms. The number of likely N-dealkylation sites (tertiary alicyclic amines) is 1. The van der Waals surface area contributed by atoms with E-state index < -0.39 is 23.7 Å². The van der Waals surface area contributed by atoms with Crippen molar-refractivity contribution >= 4 is 17.7 Å². The van der Waals surface area contributed by atoms with Crippen LogP contribution in [0.1, 0.15) is 66.4 Å². The minimum Gasteiger partial charge on any atom is -0.461 e. The molecule has 2 unspecified atom stereocenters. The number of rotatable bonds is 12. The third kappa shape index (κ3) is 7.85. The lowest BCUT2D eigenvalue weighted by atomic mass is 9.99. The van der Waals surface area contributed by atoms with Gasteiger partial charge in [-0.25, -0.2) is 4.79 Å². The van der Waals surface area contributed by atoms with Crippen LogP contribution in [0.2, 0.25) is 0 Å². The SMILES string of the molecule is O=C(C(=O)N1CCCCC1C(=O)OC(CCCc1ccccc1)CCCc1cccnc1)c1ccccc1. The lowest BCUT2D eigenvalue weighted by molar-refractivity contribution is -0.161. The van der Waals surface area contributed by atoms with E-state index >= 15 is 0 Å². The van der Waals surface area contributed by atoms with Crippen molar-refractivity contribution in [2.24, 2.45) is 0 Å². The number of aromatic nitrogens is 1. The molecule has 0 radical (unpaired) electrons. The Bertz CT molecular complexity index is 1120. The molecule has 6 nitrogen and oxygen atoms in total. The summed E-state index contributed by atoms with van der Waals surface area (Å²) in [6, 6.07) is 22.1. The molecule has 4 rings (SSSR count). The number of Topliss-reactive ketones (excluding diaryl/α,β-unsaturated/α-hetero) is 1. The monoisotopic (exact) mass is 512 g/mol. The Balaban J connectivity index is 1.39. The highest BCUT2D eigenvalue weighted by molar-refractivity contribution is 6.43. The fraction of sp³-hybridized carbons (Fsp3) is 0.375. The van der Waals surface area contributed by atoms with Crippen LogP contribution in [0.15, 0.2) is 85.2 Å². The molecule has 1 fully saturated rings. The predicted octanol–water partition coefficient (Wildman–Crippen LogP) is 5.60. The van der Waals surface area contributed by atoms with Crippen molar-refractivity contribution in [1.29, 1.82) is 0 Å². The fourth-order valence-corrected chi connectivity index (χ4v) is 5.03. The van der Waals surface area contributed by atoms with Gasteiger partial charge in [-0.05, 0) is 75.0 Å². The standard InChI is InChI=1S/C32H36N2O4/c35-30(27-17-5-2-6-18-27)31(36)34-23-8-7-21-29(34)32(37)38-28(19-9-14-25-12-3-1-4-13-25)20-10-15-26-16-11-22-33-24-26/h1-6,11-13,16-18,22,24,28-29H,7-10,14-15,19-21,23H2. The number of pyridine rings is 1. The first-order valence-electron chi connectivity index (χ1n) is 13.7. The summed E-state index contributed by atoms with van der Waals surface area (Å²) in [6.07, 6.45) is 10.5. The van der Waals surface area contributed by atoms with Gasteiger partial charge in [0.15, 0.2) is 0 Å². The van der Waals surface area contributed by atoms with Crippen LogP contribution in [0.5, 0.6) is 0 Å². The van der Waals surface area contributed by atoms with Crippen LogP contribution < -0.4 is 0 Å². The Hall–Kier alpha value is -3.80. The van der Waals surface area contributed by atoms with Crippen LogP contribution in [0, 0.1) is 0 Å². The molecule has 1 aliphatic rings. The highest BCUT2D eigenvalue weighted by Crippen LogP contribution is 2.23. The third-order valence-electron chi connectivity index (χ3n) is 7.10. The van der Waals surface area contributed by atoms with Crippen molar-refractivity contribution in [3.05, 3.63) is 102 Å². The quantitative estimate of drug-likeness (QED) is 0.179. The summed E-state index contributed by atoms with van der Waals surface area (Å²) in [6.45, 7) is 0.386. The third-order valence-corrected chi connectivity index (χ3v) is 7.10. The van der Waals surface area contributed by atoms with Gasteiger partial charge in [0.05, 0.1) is 0 Å². The van der Waals surface area contributed by atoms with E-state index in [1.165, 1.54) is 10.5 Å². The Labute approximate surface area is 225 Å². The summed E-state index contributed by atoms with van der Waals surface area (Å²) < 4.78 is 6.07. The minimum absolute atomic E-state index is 0.244. The normalized spacial score (nSPS) is 16.0. The van der Waals surface area contributed by atoms with Crippen molar-refractivity contribution in [2.75, 3.05) is 6.54 Å². The van der Waals surface area contributed by atoms with E-state index in [2.05, 4.69) is 23.2 Å². The van der Waals surface area contributed by atoms with Gasteiger partial charge in [-0.2, -0.15) is 0 Å². The number of nitrogens with zero attached hydrogens (tertiary/aromatic N) is 2. The van der Waals surface area contributed by atoms with Crippen molar-refractivity contribution in [3.8, 4) is 0 Å². The number of aryl methyl sites for hydroxylation is 2. The fourth-order valence-electron chi connectivity index (χ4n) is 5.03. The van der Waals surface area contributed by atoms with E-state index in [9.17, 15) is 14.4 Å². The topological polar surface area (TPSA) is 76.6 Å². The summed E-state index contributed by atoms with van der Waals surface area (Å²) in [5.41, 5.74) is 2.76. The first kappa shape index (κ1) is 27.2. The second-order valence-electron chi connectivity index (χ2n) is 9.90. The van der Waals surface area contributed by atoms with E-state index in [1.807, 2.05) is 30.5 Å². The van der Waals surface area contributed by atoms with Gasteiger partial charge < -0.3 is 9.64 Å². The van der Waals surface area contributed by atoms with Gasteiger partial charge in [-0.3, -0.25) is 14.6 Å². The molecule has 1 aliphatic heterocycles. The number of carbonyl (C=O) groups is 3. The van der Waals surface area contributed by atoms with Gasteiger partial charge in [0, 0.05) is 24.5 Å². The molecule has 2 heterocycles. The first-order chi connectivity index (χ1) is 18.6. The lowest BCUT2D eigenvalue weighted by Crippen LogP contribution is -2.51. The number of hydrogen-bond acceptors (Lipinski definition) is 5. The van der Waals surface area contributed by atoms with Gasteiger partial charge >= 0.3 is 5.97 Å². The maximum Gasteiger partial charge on any atom is 0.329 e. The van der Waals surface area contributed by atoms with E-state index in [-0.39, 0.29) is 6.10 Å². The zero-order chi connectivity index (χ0) is 26.6. The number of carbonyl (C=O) groups excluding carboxylic acids is 3. The zero-order valence-corrected chi connectivity index (χ0v) is 21.8. The number of hydrogen-bond donors (Lipinski definition) is 0. The van der Waals surface area contributed by atoms with Gasteiger partial charge in [-0.15, -0.1) is 0 Å². The van der Waals surface area contributed by atoms with Crippen LogP contribution in [0.4, 0.5) is 0 Å². The number of piperidine rings is 1. The Kier molecular flexibility index (Phi) is 10.2. The number of benzene rings is 2. The zero-order valence-electron chi connectivity index (χ0n) is 21.8. The molecule has 1 saturated heterocycles. The molecule has 2 aromatic carbocycles. The molecule has 1 aromatic heterocycles. The van der Waals surface area contributed by atoms with Crippen LogP contribution >= 0.6 is 0 Å².